The number of rotatable bonds is 1. The predicted octanol–water partition coefficient (Wildman–Crippen LogP) is 2.89. The van der Waals surface area contributed by atoms with E-state index in [-0.39, 0.29) is 8.47 Å². The van der Waals surface area contributed by atoms with Crippen LogP contribution >= 0.6 is 22.6 Å². The third-order valence-corrected chi connectivity index (χ3v) is 3.04. The number of benzene rings is 1. The van der Waals surface area contributed by atoms with E-state index < -0.39 is 22.8 Å². The highest BCUT2D eigenvalue weighted by Crippen LogP contribution is 2.33. The molecule has 0 amide bonds. The SMILES string of the molecule is O=S(O)c1ccc(I)c(C(F)(F)F)c1. The number of hydrogen-bond acceptors (Lipinski definition) is 1. The minimum atomic E-state index is -4.49. The van der Waals surface area contributed by atoms with Crippen molar-refractivity contribution in [3.8, 4) is 0 Å². The fourth-order valence-electron chi connectivity index (χ4n) is 0.830. The summed E-state index contributed by atoms with van der Waals surface area (Å²) in [5, 5.41) is 0. The summed E-state index contributed by atoms with van der Waals surface area (Å²) in [5.41, 5.74) is -0.891. The van der Waals surface area contributed by atoms with Gasteiger partial charge in [0.1, 0.15) is 0 Å². The van der Waals surface area contributed by atoms with Crippen molar-refractivity contribution in [3.05, 3.63) is 27.3 Å². The molecule has 1 atom stereocenters. The highest BCUT2D eigenvalue weighted by Gasteiger charge is 2.33. The Morgan fingerprint density at radius 2 is 1.93 bits per heavy atom. The molecule has 1 N–H and O–H groups in total. The maximum absolute atomic E-state index is 12.3. The Bertz CT molecular complexity index is 378. The molecule has 0 aliphatic carbocycles. The molecule has 0 fully saturated rings. The van der Waals surface area contributed by atoms with Gasteiger partial charge >= 0.3 is 6.18 Å². The van der Waals surface area contributed by atoms with E-state index >= 15 is 0 Å². The van der Waals surface area contributed by atoms with Gasteiger partial charge in [-0.1, -0.05) is 0 Å². The zero-order valence-electron chi connectivity index (χ0n) is 6.51. The van der Waals surface area contributed by atoms with Gasteiger partial charge in [-0.25, -0.2) is 4.21 Å². The molecule has 0 aliphatic heterocycles. The molecule has 1 unspecified atom stereocenters. The first-order valence-electron chi connectivity index (χ1n) is 3.30. The van der Waals surface area contributed by atoms with Gasteiger partial charge in [-0.3, -0.25) is 0 Å². The van der Waals surface area contributed by atoms with Gasteiger partial charge in [0.25, 0.3) is 0 Å². The van der Waals surface area contributed by atoms with Crippen LogP contribution in [0.3, 0.4) is 0 Å². The van der Waals surface area contributed by atoms with Crippen LogP contribution < -0.4 is 0 Å². The summed E-state index contributed by atoms with van der Waals surface area (Å²) in [6.07, 6.45) is -4.49. The van der Waals surface area contributed by atoms with Crippen LogP contribution in [0.2, 0.25) is 0 Å². The van der Waals surface area contributed by atoms with E-state index in [1.807, 2.05) is 0 Å². The molecule has 0 aliphatic rings. The van der Waals surface area contributed by atoms with Crippen LogP contribution in [0.25, 0.3) is 0 Å². The molecule has 1 aromatic carbocycles. The Morgan fingerprint density at radius 3 is 2.36 bits per heavy atom. The zero-order valence-corrected chi connectivity index (χ0v) is 9.48. The first-order chi connectivity index (χ1) is 6.32. The van der Waals surface area contributed by atoms with Gasteiger partial charge in [0, 0.05) is 3.57 Å². The predicted molar refractivity (Wildman–Crippen MR) is 53.2 cm³/mol. The molecular weight excluding hydrogens is 332 g/mol. The first-order valence-corrected chi connectivity index (χ1v) is 5.48. The Balaban J connectivity index is 3.29. The van der Waals surface area contributed by atoms with Crippen LogP contribution in [-0.4, -0.2) is 8.76 Å². The normalized spacial score (nSPS) is 14.1. The van der Waals surface area contributed by atoms with Gasteiger partial charge < -0.3 is 4.55 Å². The lowest BCUT2D eigenvalue weighted by Crippen LogP contribution is -2.08. The highest BCUT2D eigenvalue weighted by molar-refractivity contribution is 14.1. The van der Waals surface area contributed by atoms with Gasteiger partial charge in [0.05, 0.1) is 10.5 Å². The van der Waals surface area contributed by atoms with Crippen LogP contribution in [0.15, 0.2) is 23.1 Å². The van der Waals surface area contributed by atoms with E-state index in [1.165, 1.54) is 28.7 Å². The second kappa shape index (κ2) is 4.15. The van der Waals surface area contributed by atoms with Crippen molar-refractivity contribution in [2.24, 2.45) is 0 Å². The standard InChI is InChI=1S/C7H4F3IO2S/c8-7(9,10)5-3-4(14(12)13)1-2-6(5)11/h1-3H,(H,12,13). The summed E-state index contributed by atoms with van der Waals surface area (Å²) in [4.78, 5) is -0.252. The smallest absolute Gasteiger partial charge is 0.302 e. The first kappa shape index (κ1) is 11.9. The van der Waals surface area contributed by atoms with Gasteiger partial charge in [-0.05, 0) is 40.8 Å². The number of hydrogen-bond donors (Lipinski definition) is 1. The van der Waals surface area contributed by atoms with Crippen molar-refractivity contribution in [1.82, 2.24) is 0 Å². The van der Waals surface area contributed by atoms with Crippen LogP contribution in [0.1, 0.15) is 5.56 Å². The third kappa shape index (κ3) is 2.67. The van der Waals surface area contributed by atoms with Gasteiger partial charge in [-0.15, -0.1) is 0 Å². The minimum Gasteiger partial charge on any atom is -0.302 e. The quantitative estimate of drug-likeness (QED) is 0.633. The van der Waals surface area contributed by atoms with E-state index in [0.29, 0.717) is 6.07 Å². The van der Waals surface area contributed by atoms with Crippen molar-refractivity contribution >= 4 is 33.7 Å². The van der Waals surface area contributed by atoms with Crippen molar-refractivity contribution in [3.63, 3.8) is 0 Å². The lowest BCUT2D eigenvalue weighted by atomic mass is 10.2. The van der Waals surface area contributed by atoms with E-state index in [4.69, 9.17) is 4.55 Å². The fourth-order valence-corrected chi connectivity index (χ4v) is 1.87. The molecule has 0 radical (unpaired) electrons. The van der Waals surface area contributed by atoms with E-state index in [9.17, 15) is 17.4 Å². The summed E-state index contributed by atoms with van der Waals surface area (Å²) in [5.74, 6) is 0. The molecular formula is C7H4F3IO2S. The maximum Gasteiger partial charge on any atom is 0.417 e. The largest absolute Gasteiger partial charge is 0.417 e. The molecule has 7 heteroatoms. The minimum absolute atomic E-state index is 0.00398. The van der Waals surface area contributed by atoms with Crippen LogP contribution in [0.4, 0.5) is 13.2 Å². The van der Waals surface area contributed by atoms with Crippen molar-refractivity contribution in [2.45, 2.75) is 11.1 Å². The molecule has 0 spiro atoms. The van der Waals surface area contributed by atoms with Crippen LogP contribution in [-0.2, 0) is 17.3 Å². The maximum atomic E-state index is 12.3. The molecule has 0 saturated carbocycles. The van der Waals surface area contributed by atoms with Gasteiger partial charge in [0.15, 0.2) is 11.1 Å². The molecule has 78 valence electrons. The molecule has 0 bridgehead atoms. The Morgan fingerprint density at radius 1 is 1.36 bits per heavy atom. The third-order valence-electron chi connectivity index (χ3n) is 1.44. The van der Waals surface area contributed by atoms with Gasteiger partial charge in [0.2, 0.25) is 0 Å². The van der Waals surface area contributed by atoms with E-state index in [2.05, 4.69) is 0 Å². The lowest BCUT2D eigenvalue weighted by Gasteiger charge is -2.09. The van der Waals surface area contributed by atoms with Gasteiger partial charge in [-0.2, -0.15) is 13.2 Å². The lowest BCUT2D eigenvalue weighted by molar-refractivity contribution is -0.138. The molecule has 0 saturated heterocycles. The Hall–Kier alpha value is -0.150. The molecule has 1 aromatic rings. The molecule has 1 rings (SSSR count). The van der Waals surface area contributed by atoms with Crippen LogP contribution in [0, 0.1) is 3.57 Å². The monoisotopic (exact) mass is 336 g/mol. The molecule has 2 nitrogen and oxygen atoms in total. The summed E-state index contributed by atoms with van der Waals surface area (Å²) in [6.45, 7) is 0. The second-order valence-corrected chi connectivity index (χ2v) is 4.52. The van der Waals surface area contributed by atoms with Crippen molar-refractivity contribution in [2.75, 3.05) is 0 Å². The van der Waals surface area contributed by atoms with E-state index in [1.54, 1.807) is 0 Å². The fraction of sp³-hybridized carbons (Fsp3) is 0.143. The zero-order chi connectivity index (χ0) is 10.9. The average molecular weight is 336 g/mol. The summed E-state index contributed by atoms with van der Waals surface area (Å²) < 4.78 is 56.1. The molecule has 0 aromatic heterocycles. The summed E-state index contributed by atoms with van der Waals surface area (Å²) >= 11 is -0.861. The Kier molecular flexibility index (Phi) is 3.53. The van der Waals surface area contributed by atoms with Crippen LogP contribution in [0.5, 0.6) is 0 Å². The molecule has 14 heavy (non-hydrogen) atoms. The molecule has 0 heterocycles. The highest BCUT2D eigenvalue weighted by atomic mass is 127. The van der Waals surface area contributed by atoms with Crippen molar-refractivity contribution < 1.29 is 21.9 Å². The van der Waals surface area contributed by atoms with E-state index in [0.717, 1.165) is 6.07 Å². The second-order valence-electron chi connectivity index (χ2n) is 2.39. The topological polar surface area (TPSA) is 37.3 Å². The number of alkyl halides is 3. The van der Waals surface area contributed by atoms with Crippen molar-refractivity contribution in [1.29, 1.82) is 0 Å². The summed E-state index contributed by atoms with van der Waals surface area (Å²) in [6, 6.07) is 3.03. The number of halogens is 4. The Labute approximate surface area is 93.9 Å². The summed E-state index contributed by atoms with van der Waals surface area (Å²) in [7, 11) is 0. The average Bonchev–Trinajstić information content (AvgIpc) is 2.02.